The molecule has 0 unspecified atom stereocenters. The maximum atomic E-state index is 11.0. The molecule has 1 N–H and O–H groups in total. The smallest absolute Gasteiger partial charge is 0.226 e. The van der Waals surface area contributed by atoms with Crippen LogP contribution in [0.25, 0.3) is 0 Å². The normalized spacial score (nSPS) is 54.7. The highest BCUT2D eigenvalue weighted by molar-refractivity contribution is 5.89. The number of nitrogens with one attached hydrogen (secondary N) is 1. The molecule has 0 aromatic carbocycles. The summed E-state index contributed by atoms with van der Waals surface area (Å²) in [6.07, 6.45) is 1.09. The summed E-state index contributed by atoms with van der Waals surface area (Å²) in [7, 11) is 0. The Labute approximate surface area is 54.6 Å². The highest BCUT2D eigenvalue weighted by atomic mass is 16.2. The minimum atomic E-state index is 0.00694. The van der Waals surface area contributed by atoms with Crippen molar-refractivity contribution in [2.75, 3.05) is 6.54 Å². The number of carbonyl (C=O) groups is 1. The fraction of sp³-hybridized carbons (Fsp3) is 0.857. The third-order valence-corrected chi connectivity index (χ3v) is 3.09. The maximum Gasteiger partial charge on any atom is 0.226 e. The Morgan fingerprint density at radius 2 is 2.22 bits per heavy atom. The zero-order valence-electron chi connectivity index (χ0n) is 5.82. The number of hydrogen-bond acceptors (Lipinski definition) is 1. The molecule has 1 saturated heterocycles. The van der Waals surface area contributed by atoms with E-state index in [-0.39, 0.29) is 11.3 Å². The van der Waals surface area contributed by atoms with E-state index >= 15 is 0 Å². The van der Waals surface area contributed by atoms with E-state index in [0.717, 1.165) is 13.0 Å². The topological polar surface area (TPSA) is 29.1 Å². The summed E-state index contributed by atoms with van der Waals surface area (Å²) in [5.41, 5.74) is 0.317. The summed E-state index contributed by atoms with van der Waals surface area (Å²) in [6, 6.07) is 0. The van der Waals surface area contributed by atoms with Gasteiger partial charge in [0.1, 0.15) is 0 Å². The minimum absolute atomic E-state index is 0.00694. The summed E-state index contributed by atoms with van der Waals surface area (Å²) >= 11 is 0. The van der Waals surface area contributed by atoms with E-state index < -0.39 is 0 Å². The standard InChI is InChI=1S/C7H11NO/c1-6-3-7(6,2)5(9)8-4-6/h3-4H2,1-2H3,(H,8,9)/t6-,7+/m0/s1. The molecule has 2 aliphatic rings. The summed E-state index contributed by atoms with van der Waals surface area (Å²) in [5.74, 6) is 0.255. The van der Waals surface area contributed by atoms with Crippen molar-refractivity contribution in [3.63, 3.8) is 0 Å². The predicted molar refractivity (Wildman–Crippen MR) is 33.8 cm³/mol. The Kier molecular flexibility index (Phi) is 0.600. The van der Waals surface area contributed by atoms with Crippen LogP contribution in [0.2, 0.25) is 0 Å². The first-order valence-corrected chi connectivity index (χ1v) is 3.37. The van der Waals surface area contributed by atoms with Crippen molar-refractivity contribution in [3.05, 3.63) is 0 Å². The summed E-state index contributed by atoms with van der Waals surface area (Å²) in [5, 5.41) is 2.86. The molecule has 1 heterocycles. The molecule has 0 spiro atoms. The van der Waals surface area contributed by atoms with E-state index in [4.69, 9.17) is 0 Å². The van der Waals surface area contributed by atoms with Crippen molar-refractivity contribution in [2.45, 2.75) is 20.3 Å². The van der Waals surface area contributed by atoms with Gasteiger partial charge in [-0.05, 0) is 6.42 Å². The summed E-state index contributed by atoms with van der Waals surface area (Å²) in [4.78, 5) is 11.0. The van der Waals surface area contributed by atoms with Crippen LogP contribution in [0.1, 0.15) is 20.3 Å². The number of piperidine rings is 1. The molecule has 2 nitrogen and oxygen atoms in total. The molecule has 9 heavy (non-hydrogen) atoms. The molecule has 0 radical (unpaired) electrons. The number of carbonyl (C=O) groups excluding carboxylic acids is 1. The number of fused-ring (bicyclic) bond motifs is 1. The zero-order valence-corrected chi connectivity index (χ0v) is 5.82. The van der Waals surface area contributed by atoms with Gasteiger partial charge in [-0.3, -0.25) is 4.79 Å². The van der Waals surface area contributed by atoms with Crippen molar-refractivity contribution in [2.24, 2.45) is 10.8 Å². The molecule has 2 rings (SSSR count). The van der Waals surface area contributed by atoms with Gasteiger partial charge in [-0.2, -0.15) is 0 Å². The Balaban J connectivity index is 2.37. The molecule has 2 heteroatoms. The van der Waals surface area contributed by atoms with E-state index in [1.807, 2.05) is 0 Å². The number of hydrogen-bond donors (Lipinski definition) is 1. The lowest BCUT2D eigenvalue weighted by molar-refractivity contribution is -0.124. The van der Waals surface area contributed by atoms with Crippen LogP contribution < -0.4 is 5.32 Å². The lowest BCUT2D eigenvalue weighted by Gasteiger charge is -1.99. The van der Waals surface area contributed by atoms with Crippen molar-refractivity contribution >= 4 is 5.91 Å². The van der Waals surface area contributed by atoms with Gasteiger partial charge >= 0.3 is 0 Å². The monoisotopic (exact) mass is 125 g/mol. The van der Waals surface area contributed by atoms with Gasteiger partial charge < -0.3 is 5.32 Å². The molecule has 0 bridgehead atoms. The average molecular weight is 125 g/mol. The largest absolute Gasteiger partial charge is 0.355 e. The van der Waals surface area contributed by atoms with Gasteiger partial charge in [0.05, 0.1) is 5.41 Å². The third kappa shape index (κ3) is 0.373. The van der Waals surface area contributed by atoms with Gasteiger partial charge in [-0.1, -0.05) is 13.8 Å². The van der Waals surface area contributed by atoms with Crippen LogP contribution in [0.3, 0.4) is 0 Å². The molecule has 0 aromatic heterocycles. The minimum Gasteiger partial charge on any atom is -0.355 e. The van der Waals surface area contributed by atoms with Crippen molar-refractivity contribution in [3.8, 4) is 0 Å². The fourth-order valence-electron chi connectivity index (χ4n) is 1.82. The Morgan fingerprint density at radius 3 is 2.33 bits per heavy atom. The Morgan fingerprint density at radius 1 is 1.56 bits per heavy atom. The third-order valence-electron chi connectivity index (χ3n) is 3.09. The van der Waals surface area contributed by atoms with Gasteiger partial charge in [0.2, 0.25) is 5.91 Å². The molecule has 1 saturated carbocycles. The lowest BCUT2D eigenvalue weighted by atomic mass is 10.0. The van der Waals surface area contributed by atoms with Crippen LogP contribution in [0, 0.1) is 10.8 Å². The van der Waals surface area contributed by atoms with Crippen molar-refractivity contribution in [1.29, 1.82) is 0 Å². The molecule has 1 amide bonds. The molecule has 1 aliphatic heterocycles. The van der Waals surface area contributed by atoms with Gasteiger partial charge in [0.15, 0.2) is 0 Å². The number of amides is 1. The van der Waals surface area contributed by atoms with Crippen molar-refractivity contribution in [1.82, 2.24) is 5.32 Å². The Hall–Kier alpha value is -0.530. The van der Waals surface area contributed by atoms with Crippen LogP contribution in [0.15, 0.2) is 0 Å². The molecule has 0 aromatic rings. The Bertz CT molecular complexity index is 185. The quantitative estimate of drug-likeness (QED) is 0.502. The number of rotatable bonds is 0. The second-order valence-electron chi connectivity index (χ2n) is 3.75. The van der Waals surface area contributed by atoms with Crippen LogP contribution in [0.5, 0.6) is 0 Å². The van der Waals surface area contributed by atoms with Gasteiger partial charge in [0, 0.05) is 12.0 Å². The highest BCUT2D eigenvalue weighted by Gasteiger charge is 2.69. The SMILES string of the molecule is C[C@]12CNC(=O)[C@@]1(C)C2. The first-order chi connectivity index (χ1) is 4.08. The first kappa shape index (κ1) is 5.27. The molecule has 1 aliphatic carbocycles. The average Bonchev–Trinajstić information content (AvgIpc) is 2.26. The van der Waals surface area contributed by atoms with Crippen LogP contribution in [0.4, 0.5) is 0 Å². The van der Waals surface area contributed by atoms with E-state index in [9.17, 15) is 4.79 Å². The molecular weight excluding hydrogens is 114 g/mol. The van der Waals surface area contributed by atoms with Crippen molar-refractivity contribution < 1.29 is 4.79 Å². The second kappa shape index (κ2) is 1.02. The summed E-state index contributed by atoms with van der Waals surface area (Å²) in [6.45, 7) is 5.11. The fourth-order valence-corrected chi connectivity index (χ4v) is 1.82. The van der Waals surface area contributed by atoms with Crippen LogP contribution in [-0.4, -0.2) is 12.5 Å². The summed E-state index contributed by atoms with van der Waals surface area (Å²) < 4.78 is 0. The van der Waals surface area contributed by atoms with Gasteiger partial charge in [-0.15, -0.1) is 0 Å². The van der Waals surface area contributed by atoms with Gasteiger partial charge in [0.25, 0.3) is 0 Å². The molecule has 50 valence electrons. The van der Waals surface area contributed by atoms with Crippen LogP contribution >= 0.6 is 0 Å². The van der Waals surface area contributed by atoms with E-state index in [0.29, 0.717) is 5.41 Å². The second-order valence-corrected chi connectivity index (χ2v) is 3.75. The van der Waals surface area contributed by atoms with E-state index in [2.05, 4.69) is 19.2 Å². The van der Waals surface area contributed by atoms with E-state index in [1.165, 1.54) is 0 Å². The first-order valence-electron chi connectivity index (χ1n) is 3.37. The predicted octanol–water partition coefficient (Wildman–Crippen LogP) is 0.532. The molecular formula is C7H11NO. The van der Waals surface area contributed by atoms with Gasteiger partial charge in [-0.25, -0.2) is 0 Å². The molecule has 2 fully saturated rings. The van der Waals surface area contributed by atoms with Crippen LogP contribution in [-0.2, 0) is 4.79 Å². The van der Waals surface area contributed by atoms with E-state index in [1.54, 1.807) is 0 Å². The molecule has 2 atom stereocenters. The highest BCUT2D eigenvalue weighted by Crippen LogP contribution is 2.65. The maximum absolute atomic E-state index is 11.0. The lowest BCUT2D eigenvalue weighted by Crippen LogP contribution is -2.23. The zero-order chi connectivity index (χ0) is 6.70.